The maximum Gasteiger partial charge on any atom is 0.205 e. The molecule has 1 atom stereocenters. The van der Waals surface area contributed by atoms with Gasteiger partial charge in [0.05, 0.1) is 0 Å². The summed E-state index contributed by atoms with van der Waals surface area (Å²) in [7, 11) is -2.86. The van der Waals surface area contributed by atoms with Gasteiger partial charge in [0, 0.05) is 11.3 Å². The van der Waals surface area contributed by atoms with Gasteiger partial charge in [0.1, 0.15) is 0 Å². The minimum absolute atomic E-state index is 0.372. The lowest BCUT2D eigenvalue weighted by atomic mass is 10.1. The van der Waals surface area contributed by atoms with Gasteiger partial charge in [-0.3, -0.25) is 4.57 Å². The predicted molar refractivity (Wildman–Crippen MR) is 92.0 cm³/mol. The Labute approximate surface area is 128 Å². The molecule has 2 rings (SSSR count). The van der Waals surface area contributed by atoms with Crippen molar-refractivity contribution in [1.82, 2.24) is 0 Å². The first-order valence-electron chi connectivity index (χ1n) is 7.20. The van der Waals surface area contributed by atoms with E-state index in [4.69, 9.17) is 0 Å². The third-order valence-corrected chi connectivity index (χ3v) is 6.31. The second-order valence-electron chi connectivity index (χ2n) is 5.92. The summed E-state index contributed by atoms with van der Waals surface area (Å²) in [5.74, 6) is 0. The molecule has 0 spiro atoms. The molecule has 0 aromatic heterocycles. The van der Waals surface area contributed by atoms with Crippen LogP contribution in [0.15, 0.2) is 60.7 Å². The van der Waals surface area contributed by atoms with Crippen molar-refractivity contribution in [1.29, 1.82) is 0 Å². The van der Waals surface area contributed by atoms with Crippen LogP contribution in [0.3, 0.4) is 0 Å². The standard InChI is InChI=1S/C12H10.C6H15O2P/c1-3-7-11(8-4-1)12-9-5-2-6-10-12;1-5-9(7,8)6(2,3)4/h1-10H;5H2,1-4H3,(H,7,8). The highest BCUT2D eigenvalue weighted by Crippen LogP contribution is 2.53. The Balaban J connectivity index is 0.000000222. The van der Waals surface area contributed by atoms with E-state index in [0.717, 1.165) is 0 Å². The van der Waals surface area contributed by atoms with Crippen LogP contribution in [0.25, 0.3) is 11.1 Å². The van der Waals surface area contributed by atoms with Gasteiger partial charge in [-0.25, -0.2) is 0 Å². The van der Waals surface area contributed by atoms with Gasteiger partial charge in [-0.2, -0.15) is 0 Å². The molecule has 0 heterocycles. The molecule has 0 aliphatic rings. The van der Waals surface area contributed by atoms with E-state index in [0.29, 0.717) is 6.16 Å². The van der Waals surface area contributed by atoms with Crippen LogP contribution in [0.4, 0.5) is 0 Å². The maximum atomic E-state index is 11.2. The van der Waals surface area contributed by atoms with Gasteiger partial charge >= 0.3 is 0 Å². The molecule has 114 valence electrons. The third-order valence-electron chi connectivity index (χ3n) is 3.36. The average Bonchev–Trinajstić information content (AvgIpc) is 2.48. The fourth-order valence-electron chi connectivity index (χ4n) is 1.74. The smallest absolute Gasteiger partial charge is 0.205 e. The van der Waals surface area contributed by atoms with Crippen LogP contribution in [0.2, 0.25) is 0 Å². The second kappa shape index (κ2) is 7.59. The molecule has 21 heavy (non-hydrogen) atoms. The van der Waals surface area contributed by atoms with E-state index in [1.807, 2.05) is 12.1 Å². The van der Waals surface area contributed by atoms with Crippen LogP contribution in [-0.2, 0) is 4.57 Å². The second-order valence-corrected chi connectivity index (χ2v) is 9.30. The van der Waals surface area contributed by atoms with Crippen LogP contribution in [0, 0.1) is 0 Å². The molecule has 0 saturated heterocycles. The van der Waals surface area contributed by atoms with E-state index in [-0.39, 0.29) is 0 Å². The number of benzene rings is 2. The molecule has 1 N–H and O–H groups in total. The van der Waals surface area contributed by atoms with Gasteiger partial charge in [0.25, 0.3) is 0 Å². The molecule has 0 saturated carbocycles. The summed E-state index contributed by atoms with van der Waals surface area (Å²) in [6, 6.07) is 20.8. The lowest BCUT2D eigenvalue weighted by Crippen LogP contribution is -2.15. The zero-order chi connectivity index (χ0) is 15.9. The monoisotopic (exact) mass is 304 g/mol. The van der Waals surface area contributed by atoms with Crippen molar-refractivity contribution < 1.29 is 9.46 Å². The van der Waals surface area contributed by atoms with E-state index in [9.17, 15) is 9.46 Å². The van der Waals surface area contributed by atoms with Crippen molar-refractivity contribution in [2.24, 2.45) is 0 Å². The Kier molecular flexibility index (Phi) is 6.39. The molecule has 3 heteroatoms. The highest BCUT2D eigenvalue weighted by atomic mass is 31.2. The van der Waals surface area contributed by atoms with Crippen molar-refractivity contribution in [3.8, 4) is 11.1 Å². The predicted octanol–water partition coefficient (Wildman–Crippen LogP) is 5.43. The van der Waals surface area contributed by atoms with Crippen LogP contribution >= 0.6 is 7.37 Å². The summed E-state index contributed by atoms with van der Waals surface area (Å²) < 4.78 is 11.2. The maximum absolute atomic E-state index is 11.2. The van der Waals surface area contributed by atoms with Gasteiger partial charge in [0.2, 0.25) is 7.37 Å². The Hall–Kier alpha value is -1.37. The van der Waals surface area contributed by atoms with Gasteiger partial charge < -0.3 is 4.89 Å². The molecular formula is C18H25O2P. The Morgan fingerprint density at radius 1 is 0.857 bits per heavy atom. The fraction of sp³-hybridized carbons (Fsp3) is 0.333. The first-order chi connectivity index (χ1) is 9.78. The van der Waals surface area contributed by atoms with Crippen LogP contribution < -0.4 is 0 Å². The Morgan fingerprint density at radius 3 is 1.38 bits per heavy atom. The highest BCUT2D eigenvalue weighted by Gasteiger charge is 2.31. The summed E-state index contributed by atoms with van der Waals surface area (Å²) >= 11 is 0. The van der Waals surface area contributed by atoms with Gasteiger partial charge in [-0.05, 0) is 11.1 Å². The van der Waals surface area contributed by atoms with E-state index in [1.165, 1.54) is 11.1 Å². The summed E-state index contributed by atoms with van der Waals surface area (Å²) in [6.07, 6.45) is 0.372. The van der Waals surface area contributed by atoms with Crippen LogP contribution in [0.5, 0.6) is 0 Å². The molecule has 0 amide bonds. The van der Waals surface area contributed by atoms with Crippen LogP contribution in [-0.4, -0.2) is 16.2 Å². The van der Waals surface area contributed by atoms with Crippen molar-refractivity contribution in [3.63, 3.8) is 0 Å². The fourth-order valence-corrected chi connectivity index (χ4v) is 2.68. The van der Waals surface area contributed by atoms with Crippen molar-refractivity contribution >= 4 is 7.37 Å². The molecule has 1 unspecified atom stereocenters. The Morgan fingerprint density at radius 2 is 1.19 bits per heavy atom. The first kappa shape index (κ1) is 17.7. The summed E-state index contributed by atoms with van der Waals surface area (Å²) in [5, 5.41) is -0.443. The molecule has 2 aromatic rings. The molecule has 0 fully saturated rings. The SMILES string of the molecule is CCP(=O)(O)C(C)(C)C.c1ccc(-c2ccccc2)cc1. The molecular weight excluding hydrogens is 279 g/mol. The van der Waals surface area contributed by atoms with E-state index >= 15 is 0 Å². The van der Waals surface area contributed by atoms with Crippen molar-refractivity contribution in [3.05, 3.63) is 60.7 Å². The molecule has 0 aliphatic carbocycles. The summed E-state index contributed by atoms with van der Waals surface area (Å²) in [6.45, 7) is 7.11. The molecule has 0 aliphatic heterocycles. The van der Waals surface area contributed by atoms with Gasteiger partial charge in [0.15, 0.2) is 0 Å². The largest absolute Gasteiger partial charge is 0.344 e. The van der Waals surface area contributed by atoms with Crippen molar-refractivity contribution in [2.45, 2.75) is 32.9 Å². The topological polar surface area (TPSA) is 37.3 Å². The molecule has 2 aromatic carbocycles. The zero-order valence-corrected chi connectivity index (χ0v) is 14.2. The minimum atomic E-state index is -2.86. The number of hydrogen-bond donors (Lipinski definition) is 1. The molecule has 0 radical (unpaired) electrons. The minimum Gasteiger partial charge on any atom is -0.344 e. The number of rotatable bonds is 2. The lowest BCUT2D eigenvalue weighted by Gasteiger charge is -2.24. The average molecular weight is 304 g/mol. The van der Waals surface area contributed by atoms with E-state index in [1.54, 1.807) is 27.7 Å². The summed E-state index contributed by atoms with van der Waals surface area (Å²) in [5.41, 5.74) is 2.55. The van der Waals surface area contributed by atoms with Gasteiger partial charge in [-0.15, -0.1) is 0 Å². The van der Waals surface area contributed by atoms with E-state index < -0.39 is 12.5 Å². The van der Waals surface area contributed by atoms with Gasteiger partial charge in [-0.1, -0.05) is 88.4 Å². The Bertz CT molecular complexity index is 534. The first-order valence-corrected chi connectivity index (χ1v) is 9.05. The number of hydrogen-bond acceptors (Lipinski definition) is 1. The normalized spacial score (nSPS) is 13.8. The molecule has 2 nitrogen and oxygen atoms in total. The highest BCUT2D eigenvalue weighted by molar-refractivity contribution is 7.59. The zero-order valence-electron chi connectivity index (χ0n) is 13.3. The van der Waals surface area contributed by atoms with Crippen LogP contribution in [0.1, 0.15) is 27.7 Å². The third kappa shape index (κ3) is 5.49. The lowest BCUT2D eigenvalue weighted by molar-refractivity contribution is 0.446. The van der Waals surface area contributed by atoms with Crippen molar-refractivity contribution in [2.75, 3.05) is 6.16 Å². The summed E-state index contributed by atoms with van der Waals surface area (Å²) in [4.78, 5) is 9.22. The molecule has 0 bridgehead atoms. The van der Waals surface area contributed by atoms with E-state index in [2.05, 4.69) is 48.5 Å². The quantitative estimate of drug-likeness (QED) is 0.751.